The van der Waals surface area contributed by atoms with Gasteiger partial charge in [-0.1, -0.05) is 13.8 Å². The third-order valence-corrected chi connectivity index (χ3v) is 2.75. The Morgan fingerprint density at radius 2 is 2.38 bits per heavy atom. The van der Waals surface area contributed by atoms with Gasteiger partial charge in [-0.15, -0.1) is 0 Å². The van der Waals surface area contributed by atoms with Crippen LogP contribution in [0.5, 0.6) is 0 Å². The van der Waals surface area contributed by atoms with Gasteiger partial charge in [0, 0.05) is 11.6 Å². The van der Waals surface area contributed by atoms with Crippen molar-refractivity contribution < 1.29 is 9.53 Å². The van der Waals surface area contributed by atoms with Crippen LogP contribution in [0, 0.1) is 5.92 Å². The molecule has 2 rings (SSSR count). The van der Waals surface area contributed by atoms with Crippen LogP contribution in [-0.4, -0.2) is 22.8 Å². The molecule has 1 aliphatic carbocycles. The lowest BCUT2D eigenvalue weighted by molar-refractivity contribution is 0.0481. The van der Waals surface area contributed by atoms with Crippen molar-refractivity contribution in [1.29, 1.82) is 0 Å². The maximum Gasteiger partial charge on any atom is 0.358 e. The summed E-state index contributed by atoms with van der Waals surface area (Å²) in [6, 6.07) is 1.81. The summed E-state index contributed by atoms with van der Waals surface area (Å²) >= 11 is 0. The van der Waals surface area contributed by atoms with Crippen LogP contribution in [-0.2, 0) is 4.74 Å². The van der Waals surface area contributed by atoms with Crippen molar-refractivity contribution in [2.24, 2.45) is 5.92 Å². The number of rotatable bonds is 5. The minimum absolute atomic E-state index is 0.316. The van der Waals surface area contributed by atoms with Gasteiger partial charge in [0.1, 0.15) is 0 Å². The van der Waals surface area contributed by atoms with Gasteiger partial charge in [-0.2, -0.15) is 5.10 Å². The number of hydrogen-bond acceptors (Lipinski definition) is 3. The number of esters is 1. The van der Waals surface area contributed by atoms with Gasteiger partial charge in [0.05, 0.1) is 6.61 Å². The molecular formula is C12H18N2O2. The first-order valence-electron chi connectivity index (χ1n) is 5.89. The number of nitrogens with one attached hydrogen (secondary N) is 1. The van der Waals surface area contributed by atoms with Crippen LogP contribution in [0.25, 0.3) is 0 Å². The fourth-order valence-electron chi connectivity index (χ4n) is 1.51. The molecule has 16 heavy (non-hydrogen) atoms. The lowest BCUT2D eigenvalue weighted by atomic mass is 10.1. The lowest BCUT2D eigenvalue weighted by Gasteiger charge is -2.04. The van der Waals surface area contributed by atoms with E-state index in [0.717, 1.165) is 12.1 Å². The highest BCUT2D eigenvalue weighted by Gasteiger charge is 2.26. The van der Waals surface area contributed by atoms with E-state index in [4.69, 9.17) is 4.74 Å². The summed E-state index contributed by atoms with van der Waals surface area (Å²) < 4.78 is 5.13. The molecule has 1 saturated carbocycles. The third kappa shape index (κ3) is 2.84. The fraction of sp³-hybridized carbons (Fsp3) is 0.667. The third-order valence-electron chi connectivity index (χ3n) is 2.75. The summed E-state index contributed by atoms with van der Waals surface area (Å²) in [5, 5.41) is 6.87. The van der Waals surface area contributed by atoms with E-state index in [9.17, 15) is 4.79 Å². The number of ether oxygens (including phenoxy) is 1. The van der Waals surface area contributed by atoms with Crippen LogP contribution < -0.4 is 0 Å². The van der Waals surface area contributed by atoms with Crippen molar-refractivity contribution >= 4 is 5.97 Å². The first-order valence-corrected chi connectivity index (χ1v) is 5.89. The number of H-pyrrole nitrogens is 1. The minimum Gasteiger partial charge on any atom is -0.461 e. The average molecular weight is 222 g/mol. The number of nitrogens with zero attached hydrogens (tertiary/aromatic N) is 1. The first-order chi connectivity index (χ1) is 7.66. The Bertz CT molecular complexity index is 367. The van der Waals surface area contributed by atoms with Gasteiger partial charge in [-0.25, -0.2) is 4.79 Å². The largest absolute Gasteiger partial charge is 0.461 e. The van der Waals surface area contributed by atoms with Gasteiger partial charge in [-0.05, 0) is 31.2 Å². The zero-order chi connectivity index (χ0) is 11.5. The molecule has 1 N–H and O–H groups in total. The van der Waals surface area contributed by atoms with Gasteiger partial charge in [-0.3, -0.25) is 5.10 Å². The summed E-state index contributed by atoms with van der Waals surface area (Å²) in [5.74, 6) is 0.822. The predicted octanol–water partition coefficient (Wildman–Crippen LogP) is 2.49. The summed E-state index contributed by atoms with van der Waals surface area (Å²) in [4.78, 5) is 11.6. The van der Waals surface area contributed by atoms with Crippen LogP contribution >= 0.6 is 0 Å². The first kappa shape index (κ1) is 11.2. The molecule has 0 spiro atoms. The topological polar surface area (TPSA) is 55.0 Å². The highest BCUT2D eigenvalue weighted by molar-refractivity contribution is 5.87. The Morgan fingerprint density at radius 3 is 3.00 bits per heavy atom. The van der Waals surface area contributed by atoms with E-state index in [-0.39, 0.29) is 5.97 Å². The number of hydrogen-bond donors (Lipinski definition) is 1. The zero-order valence-corrected chi connectivity index (χ0v) is 9.82. The van der Waals surface area contributed by atoms with Gasteiger partial charge < -0.3 is 4.74 Å². The molecule has 4 nitrogen and oxygen atoms in total. The van der Waals surface area contributed by atoms with E-state index in [2.05, 4.69) is 24.0 Å². The monoisotopic (exact) mass is 222 g/mol. The molecule has 0 bridgehead atoms. The molecule has 4 heteroatoms. The Morgan fingerprint density at radius 1 is 1.62 bits per heavy atom. The molecule has 1 aliphatic rings. The van der Waals surface area contributed by atoms with Crippen LogP contribution in [0.4, 0.5) is 0 Å². The summed E-state index contributed by atoms with van der Waals surface area (Å²) in [6.45, 7) is 4.68. The number of carbonyl (C=O) groups excluding carboxylic acids is 1. The molecule has 1 heterocycles. The van der Waals surface area contributed by atoms with Crippen molar-refractivity contribution in [3.05, 3.63) is 17.5 Å². The van der Waals surface area contributed by atoms with Crippen molar-refractivity contribution in [2.75, 3.05) is 6.61 Å². The predicted molar refractivity (Wildman–Crippen MR) is 60.3 cm³/mol. The molecule has 0 atom stereocenters. The molecule has 0 amide bonds. The molecule has 0 aliphatic heterocycles. The van der Waals surface area contributed by atoms with Crippen LogP contribution in [0.1, 0.15) is 55.2 Å². The Labute approximate surface area is 95.4 Å². The molecule has 0 saturated heterocycles. The SMILES string of the molecule is CC(C)CCOC(=O)c1cc(C2CC2)[nH]n1. The highest BCUT2D eigenvalue weighted by Crippen LogP contribution is 2.38. The van der Waals surface area contributed by atoms with Gasteiger partial charge >= 0.3 is 5.97 Å². The number of aromatic amines is 1. The molecule has 0 unspecified atom stereocenters. The Hall–Kier alpha value is -1.32. The quantitative estimate of drug-likeness (QED) is 0.779. The van der Waals surface area contributed by atoms with E-state index < -0.39 is 0 Å². The standard InChI is InChI=1S/C12H18N2O2/c1-8(2)5-6-16-12(15)11-7-10(13-14-11)9-3-4-9/h7-9H,3-6H2,1-2H3,(H,13,14). The second-order valence-corrected chi connectivity index (χ2v) is 4.80. The smallest absolute Gasteiger partial charge is 0.358 e. The van der Waals surface area contributed by atoms with Gasteiger partial charge in [0.25, 0.3) is 0 Å². The van der Waals surface area contributed by atoms with Gasteiger partial charge in [0.15, 0.2) is 5.69 Å². The minimum atomic E-state index is -0.316. The van der Waals surface area contributed by atoms with Crippen molar-refractivity contribution in [3.63, 3.8) is 0 Å². The zero-order valence-electron chi connectivity index (χ0n) is 9.82. The summed E-state index contributed by atoms with van der Waals surface area (Å²) in [7, 11) is 0. The summed E-state index contributed by atoms with van der Waals surface area (Å²) in [5.41, 5.74) is 1.47. The van der Waals surface area contributed by atoms with Crippen LogP contribution in [0.2, 0.25) is 0 Å². The van der Waals surface area contributed by atoms with E-state index >= 15 is 0 Å². The normalized spacial score (nSPS) is 15.4. The van der Waals surface area contributed by atoms with E-state index in [0.29, 0.717) is 24.1 Å². The van der Waals surface area contributed by atoms with Gasteiger partial charge in [0.2, 0.25) is 0 Å². The second-order valence-electron chi connectivity index (χ2n) is 4.80. The molecular weight excluding hydrogens is 204 g/mol. The Balaban J connectivity index is 1.83. The number of aromatic nitrogens is 2. The highest BCUT2D eigenvalue weighted by atomic mass is 16.5. The maximum atomic E-state index is 11.6. The van der Waals surface area contributed by atoms with E-state index in [1.54, 1.807) is 0 Å². The molecule has 0 aromatic carbocycles. The van der Waals surface area contributed by atoms with Crippen LogP contribution in [0.15, 0.2) is 6.07 Å². The molecule has 1 fully saturated rings. The molecule has 1 aromatic rings. The van der Waals surface area contributed by atoms with Crippen molar-refractivity contribution in [3.8, 4) is 0 Å². The summed E-state index contributed by atoms with van der Waals surface area (Å²) in [6.07, 6.45) is 3.29. The van der Waals surface area contributed by atoms with Crippen molar-refractivity contribution in [2.45, 2.75) is 39.0 Å². The average Bonchev–Trinajstić information content (AvgIpc) is 2.96. The maximum absolute atomic E-state index is 11.6. The van der Waals surface area contributed by atoms with Crippen LogP contribution in [0.3, 0.4) is 0 Å². The Kier molecular flexibility index (Phi) is 3.27. The lowest BCUT2D eigenvalue weighted by Crippen LogP contribution is -2.08. The second kappa shape index (κ2) is 4.68. The van der Waals surface area contributed by atoms with E-state index in [1.807, 2.05) is 6.07 Å². The molecule has 88 valence electrons. The number of carbonyl (C=O) groups is 1. The van der Waals surface area contributed by atoms with E-state index in [1.165, 1.54) is 12.8 Å². The molecule has 1 aromatic heterocycles. The fourth-order valence-corrected chi connectivity index (χ4v) is 1.51. The molecule has 0 radical (unpaired) electrons. The van der Waals surface area contributed by atoms with Crippen molar-refractivity contribution in [1.82, 2.24) is 10.2 Å².